The van der Waals surface area contributed by atoms with E-state index >= 15 is 0 Å². The average Bonchev–Trinajstić information content (AvgIpc) is 2.24. The number of hydrogen-bond donors (Lipinski definition) is 0. The molecule has 0 aliphatic rings. The molecule has 88 valence electrons. The summed E-state index contributed by atoms with van der Waals surface area (Å²) in [6, 6.07) is 0. The smallest absolute Gasteiger partial charge is 0.285 e. The third-order valence-corrected chi connectivity index (χ3v) is 2.45. The van der Waals surface area contributed by atoms with E-state index in [-0.39, 0.29) is 13.2 Å². The van der Waals surface area contributed by atoms with Gasteiger partial charge in [0.05, 0.1) is 13.2 Å². The minimum Gasteiger partial charge on any atom is -0.285 e. The summed E-state index contributed by atoms with van der Waals surface area (Å²) in [6.07, 6.45) is 1.51. The minimum absolute atomic E-state index is 0.118. The molecule has 1 atom stereocenters. The quantitative estimate of drug-likeness (QED) is 0.279. The van der Waals surface area contributed by atoms with Crippen molar-refractivity contribution in [3.63, 3.8) is 0 Å². The Kier molecular flexibility index (Phi) is 7.25. The van der Waals surface area contributed by atoms with Crippen molar-refractivity contribution in [3.8, 4) is 0 Å². The van der Waals surface area contributed by atoms with Crippen LogP contribution in [-0.2, 0) is 28.0 Å². The van der Waals surface area contributed by atoms with Crippen molar-refractivity contribution in [1.29, 1.82) is 0 Å². The molecule has 0 fully saturated rings. The fourth-order valence-electron chi connectivity index (χ4n) is 0.558. The van der Waals surface area contributed by atoms with Crippen molar-refractivity contribution in [1.82, 2.24) is 0 Å². The predicted octanol–water partition coefficient (Wildman–Crippen LogP) is 2.22. The highest BCUT2D eigenvalue weighted by Gasteiger charge is 2.28. The van der Waals surface area contributed by atoms with E-state index in [2.05, 4.69) is 16.1 Å². The third-order valence-electron chi connectivity index (χ3n) is 1.12. The monoisotopic (exact) mass is 238 g/mol. The van der Waals surface area contributed by atoms with Gasteiger partial charge in [0.2, 0.25) is 0 Å². The Morgan fingerprint density at radius 1 is 1.40 bits per heavy atom. The van der Waals surface area contributed by atoms with E-state index in [0.717, 1.165) is 6.08 Å². The van der Waals surface area contributed by atoms with E-state index in [1.807, 2.05) is 6.92 Å². The van der Waals surface area contributed by atoms with Crippen molar-refractivity contribution >= 4 is 13.8 Å². The molecule has 0 aromatic carbocycles. The van der Waals surface area contributed by atoms with Crippen LogP contribution >= 0.6 is 7.82 Å². The molecule has 0 saturated heterocycles. The zero-order valence-corrected chi connectivity index (χ0v) is 9.70. The van der Waals surface area contributed by atoms with Gasteiger partial charge in [0, 0.05) is 6.08 Å². The van der Waals surface area contributed by atoms with Crippen molar-refractivity contribution in [2.24, 2.45) is 0 Å². The summed E-state index contributed by atoms with van der Waals surface area (Å²) in [6.45, 7) is 6.88. The molecule has 0 N–H and O–H groups in total. The number of phosphoric ester groups is 1. The maximum Gasteiger partial charge on any atom is 0.511 e. The standard InChI is InChI=1S/C8H15O6P/c1-4-7-12-15(10,11-6-3)14-13-8(9)5-2/h5H,2,4,6-7H2,1,3H3. The van der Waals surface area contributed by atoms with Crippen molar-refractivity contribution in [3.05, 3.63) is 12.7 Å². The van der Waals surface area contributed by atoms with E-state index in [1.165, 1.54) is 0 Å². The van der Waals surface area contributed by atoms with E-state index < -0.39 is 13.8 Å². The topological polar surface area (TPSA) is 71.1 Å². The van der Waals surface area contributed by atoms with E-state index in [9.17, 15) is 9.36 Å². The zero-order chi connectivity index (χ0) is 11.7. The lowest BCUT2D eigenvalue weighted by Crippen LogP contribution is -2.05. The van der Waals surface area contributed by atoms with Crippen molar-refractivity contribution in [2.75, 3.05) is 13.2 Å². The van der Waals surface area contributed by atoms with Crippen LogP contribution in [0.2, 0.25) is 0 Å². The summed E-state index contributed by atoms with van der Waals surface area (Å²) < 4.78 is 25.5. The van der Waals surface area contributed by atoms with Gasteiger partial charge in [-0.3, -0.25) is 13.9 Å². The molecule has 15 heavy (non-hydrogen) atoms. The fraction of sp³-hybridized carbons (Fsp3) is 0.625. The third kappa shape index (κ3) is 6.41. The number of carbonyl (C=O) groups is 1. The van der Waals surface area contributed by atoms with Gasteiger partial charge in [-0.1, -0.05) is 18.2 Å². The first-order valence-corrected chi connectivity index (χ1v) is 5.95. The number of carbonyl (C=O) groups excluding carboxylic acids is 1. The summed E-state index contributed by atoms with van der Waals surface area (Å²) in [7, 11) is -3.79. The Labute approximate surface area is 88.7 Å². The van der Waals surface area contributed by atoms with Crippen molar-refractivity contribution < 1.29 is 28.0 Å². The molecule has 0 aliphatic carbocycles. The molecule has 0 radical (unpaired) electrons. The molecule has 0 spiro atoms. The summed E-state index contributed by atoms with van der Waals surface area (Å²) in [4.78, 5) is 14.8. The summed E-state index contributed by atoms with van der Waals surface area (Å²) in [5, 5.41) is 0. The maximum absolute atomic E-state index is 11.6. The largest absolute Gasteiger partial charge is 0.511 e. The molecule has 0 aromatic rings. The summed E-state index contributed by atoms with van der Waals surface area (Å²) >= 11 is 0. The van der Waals surface area contributed by atoms with E-state index in [0.29, 0.717) is 6.42 Å². The highest BCUT2D eigenvalue weighted by molar-refractivity contribution is 7.48. The molecule has 0 bridgehead atoms. The van der Waals surface area contributed by atoms with Crippen LogP contribution in [-0.4, -0.2) is 19.2 Å². The molecule has 1 unspecified atom stereocenters. The second-order valence-electron chi connectivity index (χ2n) is 2.38. The van der Waals surface area contributed by atoms with Gasteiger partial charge in [0.25, 0.3) is 0 Å². The van der Waals surface area contributed by atoms with E-state index in [1.54, 1.807) is 6.92 Å². The highest BCUT2D eigenvalue weighted by Crippen LogP contribution is 2.49. The Morgan fingerprint density at radius 2 is 2.07 bits per heavy atom. The molecule has 7 heteroatoms. The summed E-state index contributed by atoms with van der Waals surface area (Å²) in [5.74, 6) is -0.866. The highest BCUT2D eigenvalue weighted by atomic mass is 31.2. The fourth-order valence-corrected chi connectivity index (χ4v) is 1.61. The van der Waals surface area contributed by atoms with Gasteiger partial charge in [-0.05, 0) is 13.3 Å². The van der Waals surface area contributed by atoms with Crippen LogP contribution in [0, 0.1) is 0 Å². The van der Waals surface area contributed by atoms with Crippen LogP contribution < -0.4 is 0 Å². The second-order valence-corrected chi connectivity index (χ2v) is 3.94. The number of hydrogen-bond acceptors (Lipinski definition) is 6. The molecule has 0 saturated carbocycles. The van der Waals surface area contributed by atoms with Crippen LogP contribution in [0.4, 0.5) is 0 Å². The zero-order valence-electron chi connectivity index (χ0n) is 8.80. The average molecular weight is 238 g/mol. The van der Waals surface area contributed by atoms with Gasteiger partial charge in [-0.15, -0.1) is 0 Å². The van der Waals surface area contributed by atoms with E-state index in [4.69, 9.17) is 9.05 Å². The van der Waals surface area contributed by atoms with Gasteiger partial charge in [0.15, 0.2) is 0 Å². The Morgan fingerprint density at radius 3 is 2.53 bits per heavy atom. The number of phosphoric acid groups is 1. The predicted molar refractivity (Wildman–Crippen MR) is 52.8 cm³/mol. The molecular formula is C8H15O6P. The Balaban J connectivity index is 4.17. The van der Waals surface area contributed by atoms with Gasteiger partial charge in [0.1, 0.15) is 0 Å². The molecule has 6 nitrogen and oxygen atoms in total. The SMILES string of the molecule is C=CC(=O)OOP(=O)(OCC)OCCC. The maximum atomic E-state index is 11.6. The van der Waals surface area contributed by atoms with Crippen LogP contribution in [0.1, 0.15) is 20.3 Å². The van der Waals surface area contributed by atoms with Crippen LogP contribution in [0.3, 0.4) is 0 Å². The number of rotatable bonds is 8. The molecule has 0 aromatic heterocycles. The first-order chi connectivity index (χ1) is 7.08. The molecule has 0 amide bonds. The lowest BCUT2D eigenvalue weighted by Gasteiger charge is -2.14. The molecule has 0 heterocycles. The van der Waals surface area contributed by atoms with Gasteiger partial charge >= 0.3 is 13.8 Å². The second kappa shape index (κ2) is 7.59. The van der Waals surface area contributed by atoms with Gasteiger partial charge in [-0.2, -0.15) is 0 Å². The van der Waals surface area contributed by atoms with Gasteiger partial charge in [-0.25, -0.2) is 9.36 Å². The van der Waals surface area contributed by atoms with Gasteiger partial charge < -0.3 is 0 Å². The van der Waals surface area contributed by atoms with Crippen molar-refractivity contribution in [2.45, 2.75) is 20.3 Å². The molecular weight excluding hydrogens is 223 g/mol. The first kappa shape index (κ1) is 14.3. The first-order valence-electron chi connectivity index (χ1n) is 4.49. The van der Waals surface area contributed by atoms with Crippen LogP contribution in [0.15, 0.2) is 12.7 Å². The summed E-state index contributed by atoms with van der Waals surface area (Å²) in [5.41, 5.74) is 0. The Bertz CT molecular complexity index is 252. The molecule has 0 aliphatic heterocycles. The van der Waals surface area contributed by atoms with Crippen LogP contribution in [0.5, 0.6) is 0 Å². The van der Waals surface area contributed by atoms with Crippen LogP contribution in [0.25, 0.3) is 0 Å². The lowest BCUT2D eigenvalue weighted by molar-refractivity contribution is -0.219. The minimum atomic E-state index is -3.79. The normalized spacial score (nSPS) is 14.3. The lowest BCUT2D eigenvalue weighted by atomic mass is 10.5. The molecule has 0 rings (SSSR count). The Hall–Kier alpha value is -0.680.